The van der Waals surface area contributed by atoms with Crippen LogP contribution in [0.15, 0.2) is 0 Å². The Morgan fingerprint density at radius 3 is 2.14 bits per heavy atom. The van der Waals surface area contributed by atoms with Crippen LogP contribution in [-0.2, 0) is 4.74 Å². The van der Waals surface area contributed by atoms with Gasteiger partial charge in [0.05, 0.1) is 11.7 Å². The smallest absolute Gasteiger partial charge is 0.123 e. The summed E-state index contributed by atoms with van der Waals surface area (Å²) >= 11 is 0. The van der Waals surface area contributed by atoms with Gasteiger partial charge in [-0.1, -0.05) is 55.4 Å². The Bertz CT molecular complexity index is 911. The number of hydrogen-bond donors (Lipinski definition) is 2. The molecule has 35 heavy (non-hydrogen) atoms. The molecule has 4 aliphatic carbocycles. The second-order valence-corrected chi connectivity index (χ2v) is 16.4. The van der Waals surface area contributed by atoms with Gasteiger partial charge in [0.25, 0.3) is 0 Å². The normalized spacial score (nSPS) is 66.0. The predicted octanol–water partition coefficient (Wildman–Crippen LogP) is 7.32. The highest BCUT2D eigenvalue weighted by Gasteiger charge is 2.83. The molecular weight excluding hydrogens is 430 g/mol. The summed E-state index contributed by atoms with van der Waals surface area (Å²) in [6, 6.07) is 0. The van der Waals surface area contributed by atoms with Crippen molar-refractivity contribution in [3.63, 3.8) is 0 Å². The highest BCUT2D eigenvalue weighted by atomic mass is 16.5. The van der Waals surface area contributed by atoms with Gasteiger partial charge in [-0.15, -0.1) is 0 Å². The van der Waals surface area contributed by atoms with Crippen molar-refractivity contribution in [2.24, 2.45) is 50.2 Å². The first-order valence-electron chi connectivity index (χ1n) is 15.2. The third kappa shape index (κ3) is 2.52. The maximum absolute atomic E-state index is 10.7. The zero-order valence-electron chi connectivity index (χ0n) is 24.4. The molecule has 1 unspecified atom stereocenters. The molecule has 2 N–H and O–H groups in total. The second kappa shape index (κ2) is 6.90. The summed E-state index contributed by atoms with van der Waals surface area (Å²) in [7, 11) is 0. The molecule has 6 rings (SSSR count). The van der Waals surface area contributed by atoms with Crippen molar-refractivity contribution in [2.75, 3.05) is 6.54 Å². The average Bonchev–Trinajstić information content (AvgIpc) is 3.02. The molecular formula is C32H55NO2. The standard InChI is InChI=1S/C32H55NO2/c1-21-10-15-32(33-19-21)22(2)31(9)29(7)17-16-26(4)24(27(29,5)20-30(31,8)35-32)12-13-25(3)18-23(34)11-14-28(25,26)6/h21-24,33-34H,10-20H2,1-9H3/t21-,22-,23-,24?,25+,26+,27+,28-,29-,30+,31+,32-/m0/s1. The van der Waals surface area contributed by atoms with Crippen molar-refractivity contribution in [3.05, 3.63) is 0 Å². The quantitative estimate of drug-likeness (QED) is 0.378. The third-order valence-electron chi connectivity index (χ3n) is 15.9. The van der Waals surface area contributed by atoms with Gasteiger partial charge in [-0.25, -0.2) is 0 Å². The van der Waals surface area contributed by atoms with E-state index in [0.29, 0.717) is 16.7 Å². The number of hydrogen-bond acceptors (Lipinski definition) is 3. The number of fused-ring (bicyclic) bond motifs is 7. The molecule has 1 spiro atoms. The van der Waals surface area contributed by atoms with Crippen LogP contribution in [0, 0.1) is 50.2 Å². The molecule has 0 radical (unpaired) electrons. The van der Waals surface area contributed by atoms with E-state index in [9.17, 15) is 5.11 Å². The fourth-order valence-corrected chi connectivity index (χ4v) is 12.9. The molecule has 6 aliphatic rings. The van der Waals surface area contributed by atoms with Gasteiger partial charge in [-0.05, 0) is 110 Å². The largest absolute Gasteiger partial charge is 0.393 e. The van der Waals surface area contributed by atoms with Gasteiger partial charge < -0.3 is 9.84 Å². The molecule has 0 bridgehead atoms. The fraction of sp³-hybridized carbons (Fsp3) is 1.00. The van der Waals surface area contributed by atoms with Gasteiger partial charge in [0.2, 0.25) is 0 Å². The van der Waals surface area contributed by atoms with Gasteiger partial charge in [-0.3, -0.25) is 5.32 Å². The van der Waals surface area contributed by atoms with Crippen molar-refractivity contribution >= 4 is 0 Å². The molecule has 0 amide bonds. The molecule has 3 heteroatoms. The Hall–Kier alpha value is -0.120. The van der Waals surface area contributed by atoms with E-state index in [1.807, 2.05) is 0 Å². The van der Waals surface area contributed by atoms with Crippen LogP contribution in [0.4, 0.5) is 0 Å². The molecule has 2 saturated heterocycles. The topological polar surface area (TPSA) is 41.5 Å². The summed E-state index contributed by atoms with van der Waals surface area (Å²) in [4.78, 5) is 0. The Kier molecular flexibility index (Phi) is 4.96. The number of aliphatic hydroxyl groups excluding tert-OH is 1. The van der Waals surface area contributed by atoms with Gasteiger partial charge in [-0.2, -0.15) is 0 Å². The highest BCUT2D eigenvalue weighted by Crippen LogP contribution is 2.85. The number of ether oxygens (including phenoxy) is 1. The Balaban J connectivity index is 1.42. The van der Waals surface area contributed by atoms with Crippen LogP contribution >= 0.6 is 0 Å². The van der Waals surface area contributed by atoms with E-state index in [1.54, 1.807) is 0 Å². The van der Waals surface area contributed by atoms with Crippen LogP contribution in [0.25, 0.3) is 0 Å². The van der Waals surface area contributed by atoms with Gasteiger partial charge in [0, 0.05) is 17.9 Å². The lowest BCUT2D eigenvalue weighted by Gasteiger charge is -2.73. The zero-order valence-corrected chi connectivity index (χ0v) is 24.4. The molecule has 6 fully saturated rings. The van der Waals surface area contributed by atoms with E-state index in [4.69, 9.17) is 4.74 Å². The number of nitrogens with one attached hydrogen (secondary N) is 1. The maximum Gasteiger partial charge on any atom is 0.123 e. The molecule has 2 aliphatic heterocycles. The van der Waals surface area contributed by atoms with Crippen LogP contribution in [0.3, 0.4) is 0 Å². The summed E-state index contributed by atoms with van der Waals surface area (Å²) in [5, 5.41) is 14.6. The van der Waals surface area contributed by atoms with Gasteiger partial charge >= 0.3 is 0 Å². The number of piperidine rings is 1. The van der Waals surface area contributed by atoms with Crippen molar-refractivity contribution in [2.45, 2.75) is 144 Å². The lowest BCUT2D eigenvalue weighted by Crippen LogP contribution is -2.67. The van der Waals surface area contributed by atoms with Crippen LogP contribution in [0.2, 0.25) is 0 Å². The van der Waals surface area contributed by atoms with Crippen LogP contribution in [0.5, 0.6) is 0 Å². The van der Waals surface area contributed by atoms with Crippen molar-refractivity contribution in [1.29, 1.82) is 0 Å². The van der Waals surface area contributed by atoms with Crippen molar-refractivity contribution < 1.29 is 9.84 Å². The summed E-state index contributed by atoms with van der Waals surface area (Å²) in [6.45, 7) is 24.4. The van der Waals surface area contributed by atoms with Crippen LogP contribution in [0.1, 0.15) is 127 Å². The monoisotopic (exact) mass is 485 g/mol. The maximum atomic E-state index is 10.7. The summed E-state index contributed by atoms with van der Waals surface area (Å²) in [5.74, 6) is 1.99. The lowest BCUT2D eigenvalue weighted by atomic mass is 9.31. The number of rotatable bonds is 0. The van der Waals surface area contributed by atoms with Gasteiger partial charge in [0.1, 0.15) is 5.72 Å². The molecule has 200 valence electrons. The summed E-state index contributed by atoms with van der Waals surface area (Å²) < 4.78 is 7.42. The first-order valence-corrected chi connectivity index (χ1v) is 15.2. The van der Waals surface area contributed by atoms with Gasteiger partial charge in [0.15, 0.2) is 0 Å². The van der Waals surface area contributed by atoms with Crippen LogP contribution in [-0.4, -0.2) is 29.1 Å². The Morgan fingerprint density at radius 1 is 0.771 bits per heavy atom. The van der Waals surface area contributed by atoms with E-state index in [1.165, 1.54) is 44.9 Å². The first-order chi connectivity index (χ1) is 16.1. The van der Waals surface area contributed by atoms with E-state index < -0.39 is 0 Å². The predicted molar refractivity (Wildman–Crippen MR) is 143 cm³/mol. The van der Waals surface area contributed by atoms with Crippen molar-refractivity contribution in [1.82, 2.24) is 5.32 Å². The lowest BCUT2D eigenvalue weighted by molar-refractivity contribution is -0.255. The fourth-order valence-electron chi connectivity index (χ4n) is 12.9. The van der Waals surface area contributed by atoms with E-state index in [-0.39, 0.29) is 39.1 Å². The summed E-state index contributed by atoms with van der Waals surface area (Å²) in [6.07, 6.45) is 12.0. The zero-order chi connectivity index (χ0) is 25.5. The molecule has 2 heterocycles. The van der Waals surface area contributed by atoms with Crippen molar-refractivity contribution in [3.8, 4) is 0 Å². The summed E-state index contributed by atoms with van der Waals surface area (Å²) in [5.41, 5.74) is 1.39. The highest BCUT2D eigenvalue weighted by molar-refractivity contribution is 5.31. The average molecular weight is 486 g/mol. The number of aliphatic hydroxyl groups is 1. The van der Waals surface area contributed by atoms with E-state index in [0.717, 1.165) is 37.6 Å². The minimum absolute atomic E-state index is 0.0842. The van der Waals surface area contributed by atoms with E-state index >= 15 is 0 Å². The SMILES string of the molecule is C[C@H]1CC[C@]2(NC1)O[C@]1(C)C[C@]3(C)C4CC[C@]5(C)C[C@@H](O)CC[C@]5(C)[C@]4(C)CC[C@]3(C)[C@@]1(C)[C@@H]2C. The molecule has 0 aromatic heterocycles. The first kappa shape index (κ1) is 25.2. The Labute approximate surface area is 215 Å². The second-order valence-electron chi connectivity index (χ2n) is 16.4. The molecule has 0 aromatic rings. The molecule has 4 saturated carbocycles. The minimum Gasteiger partial charge on any atom is -0.393 e. The molecule has 3 nitrogen and oxygen atoms in total. The third-order valence-corrected chi connectivity index (χ3v) is 15.9. The van der Waals surface area contributed by atoms with E-state index in [2.05, 4.69) is 67.6 Å². The minimum atomic E-state index is -0.141. The Morgan fingerprint density at radius 2 is 1.49 bits per heavy atom. The molecule has 0 aromatic carbocycles. The van der Waals surface area contributed by atoms with Crippen LogP contribution < -0.4 is 5.32 Å². The molecule has 12 atom stereocenters.